The van der Waals surface area contributed by atoms with Crippen molar-refractivity contribution in [3.8, 4) is 0 Å². The summed E-state index contributed by atoms with van der Waals surface area (Å²) in [7, 11) is 0. The third-order valence-corrected chi connectivity index (χ3v) is 2.34. The Labute approximate surface area is 80.3 Å². The minimum atomic E-state index is -0.721. The van der Waals surface area contributed by atoms with Crippen molar-refractivity contribution >= 4 is 0 Å². The van der Waals surface area contributed by atoms with Gasteiger partial charge < -0.3 is 15.6 Å². The van der Waals surface area contributed by atoms with E-state index in [1.807, 2.05) is 0 Å². The molecule has 0 aromatic heterocycles. The first-order valence-electron chi connectivity index (χ1n) is 5.07. The number of aliphatic hydroxyl groups is 1. The maximum Gasteiger partial charge on any atom is 0.0824 e. The van der Waals surface area contributed by atoms with Crippen LogP contribution in [0.2, 0.25) is 0 Å². The average Bonchev–Trinajstić information content (AvgIpc) is 2.00. The first-order valence-corrected chi connectivity index (χ1v) is 5.07. The van der Waals surface area contributed by atoms with Crippen LogP contribution in [0.5, 0.6) is 0 Å². The molecule has 1 saturated carbocycles. The van der Waals surface area contributed by atoms with E-state index >= 15 is 0 Å². The molecule has 1 fully saturated rings. The highest BCUT2D eigenvalue weighted by Crippen LogP contribution is 2.20. The fourth-order valence-electron chi connectivity index (χ4n) is 1.65. The van der Waals surface area contributed by atoms with E-state index in [2.05, 4.69) is 0 Å². The van der Waals surface area contributed by atoms with Crippen molar-refractivity contribution < 1.29 is 9.84 Å². The lowest BCUT2D eigenvalue weighted by molar-refractivity contribution is -0.0641. The third-order valence-electron chi connectivity index (χ3n) is 2.34. The second kappa shape index (κ2) is 4.40. The largest absolute Gasteiger partial charge is 0.388 e. The molecule has 0 saturated heterocycles. The van der Waals surface area contributed by atoms with E-state index in [0.29, 0.717) is 12.6 Å². The number of rotatable bonds is 3. The molecule has 0 aromatic carbocycles. The van der Waals surface area contributed by atoms with Crippen molar-refractivity contribution in [2.45, 2.75) is 57.3 Å². The monoisotopic (exact) mass is 187 g/mol. The smallest absolute Gasteiger partial charge is 0.0824 e. The second-order valence-corrected chi connectivity index (χ2v) is 4.67. The normalized spacial score (nSPS) is 30.5. The van der Waals surface area contributed by atoms with Crippen LogP contribution < -0.4 is 5.73 Å². The molecule has 78 valence electrons. The van der Waals surface area contributed by atoms with Crippen LogP contribution in [0, 0.1) is 0 Å². The van der Waals surface area contributed by atoms with Crippen molar-refractivity contribution in [3.05, 3.63) is 0 Å². The van der Waals surface area contributed by atoms with Gasteiger partial charge in [0.25, 0.3) is 0 Å². The van der Waals surface area contributed by atoms with Gasteiger partial charge >= 0.3 is 0 Å². The zero-order chi connectivity index (χ0) is 9.90. The fraction of sp³-hybridized carbons (Fsp3) is 1.00. The predicted molar refractivity (Wildman–Crippen MR) is 52.5 cm³/mol. The van der Waals surface area contributed by atoms with E-state index in [-0.39, 0.29) is 6.10 Å². The van der Waals surface area contributed by atoms with Gasteiger partial charge in [0.2, 0.25) is 0 Å². The third kappa shape index (κ3) is 4.60. The molecule has 0 heterocycles. The van der Waals surface area contributed by atoms with E-state index < -0.39 is 5.60 Å². The van der Waals surface area contributed by atoms with Gasteiger partial charge in [0.05, 0.1) is 18.3 Å². The van der Waals surface area contributed by atoms with Gasteiger partial charge in [-0.25, -0.2) is 0 Å². The summed E-state index contributed by atoms with van der Waals surface area (Å²) in [5.74, 6) is 0. The number of hydrogen-bond donors (Lipinski definition) is 2. The minimum Gasteiger partial charge on any atom is -0.388 e. The second-order valence-electron chi connectivity index (χ2n) is 4.67. The molecule has 0 radical (unpaired) electrons. The van der Waals surface area contributed by atoms with Crippen LogP contribution in [-0.4, -0.2) is 29.5 Å². The predicted octanol–water partition coefficient (Wildman–Crippen LogP) is 1.04. The number of hydrogen-bond acceptors (Lipinski definition) is 3. The Hall–Kier alpha value is -0.120. The first kappa shape index (κ1) is 11.0. The summed E-state index contributed by atoms with van der Waals surface area (Å²) in [6.07, 6.45) is 4.55. The van der Waals surface area contributed by atoms with Crippen LogP contribution in [0.1, 0.15) is 39.5 Å². The van der Waals surface area contributed by atoms with E-state index in [4.69, 9.17) is 10.5 Å². The van der Waals surface area contributed by atoms with Crippen LogP contribution in [0.25, 0.3) is 0 Å². The number of nitrogens with two attached hydrogens (primary N) is 1. The summed E-state index contributed by atoms with van der Waals surface area (Å²) in [4.78, 5) is 0. The molecule has 3 N–H and O–H groups in total. The van der Waals surface area contributed by atoms with Gasteiger partial charge in [-0.15, -0.1) is 0 Å². The maximum atomic E-state index is 9.46. The Morgan fingerprint density at radius 1 is 1.46 bits per heavy atom. The molecule has 0 spiro atoms. The van der Waals surface area contributed by atoms with Gasteiger partial charge in [0.15, 0.2) is 0 Å². The highest BCUT2D eigenvalue weighted by atomic mass is 16.5. The Bertz CT molecular complexity index is 153. The number of ether oxygens (including phenoxy) is 1. The van der Waals surface area contributed by atoms with Crippen molar-refractivity contribution in [2.24, 2.45) is 5.73 Å². The Morgan fingerprint density at radius 3 is 2.69 bits per heavy atom. The molecule has 3 heteroatoms. The molecule has 13 heavy (non-hydrogen) atoms. The molecular weight excluding hydrogens is 166 g/mol. The van der Waals surface area contributed by atoms with Gasteiger partial charge in [-0.2, -0.15) is 0 Å². The summed E-state index contributed by atoms with van der Waals surface area (Å²) in [5, 5.41) is 9.46. The highest BCUT2D eigenvalue weighted by molar-refractivity contribution is 4.76. The molecule has 1 rings (SSSR count). The van der Waals surface area contributed by atoms with Gasteiger partial charge in [0, 0.05) is 6.04 Å². The first-order chi connectivity index (χ1) is 5.97. The molecule has 2 atom stereocenters. The van der Waals surface area contributed by atoms with Crippen LogP contribution >= 0.6 is 0 Å². The summed E-state index contributed by atoms with van der Waals surface area (Å²) >= 11 is 0. The van der Waals surface area contributed by atoms with Gasteiger partial charge in [-0.05, 0) is 39.5 Å². The molecule has 0 amide bonds. The van der Waals surface area contributed by atoms with Gasteiger partial charge in [-0.1, -0.05) is 0 Å². The van der Waals surface area contributed by atoms with Crippen molar-refractivity contribution in [1.29, 1.82) is 0 Å². The standard InChI is InChI=1S/C10H21NO2/c1-10(2,12)7-13-9-5-3-4-8(11)6-9/h8-9,12H,3-7,11H2,1-2H3. The van der Waals surface area contributed by atoms with E-state index in [1.165, 1.54) is 0 Å². The van der Waals surface area contributed by atoms with Gasteiger partial charge in [0.1, 0.15) is 0 Å². The van der Waals surface area contributed by atoms with Crippen LogP contribution in [-0.2, 0) is 4.74 Å². The van der Waals surface area contributed by atoms with Crippen molar-refractivity contribution in [2.75, 3.05) is 6.61 Å². The summed E-state index contributed by atoms with van der Waals surface area (Å²) < 4.78 is 5.59. The molecule has 0 aromatic rings. The molecular formula is C10H21NO2. The van der Waals surface area contributed by atoms with Crippen molar-refractivity contribution in [3.63, 3.8) is 0 Å². The molecule has 0 aliphatic heterocycles. The summed E-state index contributed by atoms with van der Waals surface area (Å²) in [6.45, 7) is 3.93. The topological polar surface area (TPSA) is 55.5 Å². The molecule has 1 aliphatic rings. The summed E-state index contributed by atoms with van der Waals surface area (Å²) in [6, 6.07) is 0.292. The van der Waals surface area contributed by atoms with E-state index in [9.17, 15) is 5.11 Å². The Morgan fingerprint density at radius 2 is 2.15 bits per heavy atom. The van der Waals surface area contributed by atoms with Crippen LogP contribution in [0.4, 0.5) is 0 Å². The van der Waals surface area contributed by atoms with Crippen LogP contribution in [0.3, 0.4) is 0 Å². The van der Waals surface area contributed by atoms with Gasteiger partial charge in [-0.3, -0.25) is 0 Å². The fourth-order valence-corrected chi connectivity index (χ4v) is 1.65. The van der Waals surface area contributed by atoms with Crippen LogP contribution in [0.15, 0.2) is 0 Å². The average molecular weight is 187 g/mol. The minimum absolute atomic E-state index is 0.259. The Balaban J connectivity index is 2.21. The van der Waals surface area contributed by atoms with Crippen molar-refractivity contribution in [1.82, 2.24) is 0 Å². The lowest BCUT2D eigenvalue weighted by atomic mass is 9.93. The zero-order valence-corrected chi connectivity index (χ0v) is 8.62. The Kier molecular flexibility index (Phi) is 3.71. The quantitative estimate of drug-likeness (QED) is 0.694. The van der Waals surface area contributed by atoms with E-state index in [0.717, 1.165) is 25.7 Å². The highest BCUT2D eigenvalue weighted by Gasteiger charge is 2.22. The lowest BCUT2D eigenvalue weighted by Gasteiger charge is -2.29. The molecule has 2 unspecified atom stereocenters. The molecule has 3 nitrogen and oxygen atoms in total. The summed E-state index contributed by atoms with van der Waals surface area (Å²) in [5.41, 5.74) is 5.10. The zero-order valence-electron chi connectivity index (χ0n) is 8.62. The van der Waals surface area contributed by atoms with E-state index in [1.54, 1.807) is 13.8 Å². The maximum absolute atomic E-state index is 9.46. The molecule has 1 aliphatic carbocycles. The lowest BCUT2D eigenvalue weighted by Crippen LogP contribution is -2.35. The molecule has 0 bridgehead atoms. The SMILES string of the molecule is CC(C)(O)COC1CCCC(N)C1.